The first-order valence-corrected chi connectivity index (χ1v) is 16.4. The van der Waals surface area contributed by atoms with Gasteiger partial charge in [-0.3, -0.25) is 19.4 Å². The summed E-state index contributed by atoms with van der Waals surface area (Å²) in [6.07, 6.45) is 1.04. The Kier molecular flexibility index (Phi) is 8.35. The van der Waals surface area contributed by atoms with E-state index >= 15 is 0 Å². The molecule has 3 aromatic rings. The number of amidine groups is 2. The van der Waals surface area contributed by atoms with Crippen LogP contribution >= 0.6 is 11.8 Å². The van der Waals surface area contributed by atoms with Gasteiger partial charge in [0.2, 0.25) is 18.6 Å². The molecule has 4 aliphatic heterocycles. The summed E-state index contributed by atoms with van der Waals surface area (Å²) in [5.41, 5.74) is 3.19. The first kappa shape index (κ1) is 29.8. The van der Waals surface area contributed by atoms with Crippen LogP contribution in [0.3, 0.4) is 0 Å². The molecule has 11 nitrogen and oxygen atoms in total. The molecule has 1 saturated heterocycles. The molecule has 0 spiro atoms. The molecule has 46 heavy (non-hydrogen) atoms. The van der Waals surface area contributed by atoms with Crippen LogP contribution in [0.5, 0.6) is 11.5 Å². The van der Waals surface area contributed by atoms with E-state index in [2.05, 4.69) is 22.3 Å². The number of hydrogen-bond acceptors (Lipinski definition) is 9. The molecule has 2 atom stereocenters. The summed E-state index contributed by atoms with van der Waals surface area (Å²) in [6.45, 7) is 4.88. The quantitative estimate of drug-likeness (QED) is 0.382. The lowest BCUT2D eigenvalue weighted by Crippen LogP contribution is -2.49. The molecule has 4 heterocycles. The molecule has 0 radical (unpaired) electrons. The van der Waals surface area contributed by atoms with Crippen LogP contribution in [0.15, 0.2) is 82.8 Å². The summed E-state index contributed by atoms with van der Waals surface area (Å²) < 4.78 is 10.8. The Balaban J connectivity index is 1.02. The second-order valence-electron chi connectivity index (χ2n) is 11.4. The molecular weight excluding hydrogens is 604 g/mol. The van der Waals surface area contributed by atoms with Crippen molar-refractivity contribution in [3.05, 3.63) is 78.4 Å². The molecule has 0 aliphatic carbocycles. The average molecular weight is 639 g/mol. The third kappa shape index (κ3) is 5.92. The van der Waals surface area contributed by atoms with Gasteiger partial charge in [-0.2, -0.15) is 0 Å². The molecular formula is C34H34N6O5S. The van der Waals surface area contributed by atoms with E-state index in [-0.39, 0.29) is 30.9 Å². The number of fused-ring (bicyclic) bond motifs is 4. The molecule has 3 aromatic carbocycles. The van der Waals surface area contributed by atoms with E-state index in [1.165, 1.54) is 16.7 Å². The average Bonchev–Trinajstić information content (AvgIpc) is 3.70. The second-order valence-corrected chi connectivity index (χ2v) is 12.5. The molecule has 0 aromatic heterocycles. The number of carbonyl (C=O) groups is 3. The first-order valence-electron chi connectivity index (χ1n) is 15.5. The minimum absolute atomic E-state index is 0.0282. The van der Waals surface area contributed by atoms with Crippen molar-refractivity contribution in [3.63, 3.8) is 0 Å². The molecule has 12 heteroatoms. The molecule has 0 bridgehead atoms. The zero-order valence-corrected chi connectivity index (χ0v) is 26.2. The third-order valence-corrected chi connectivity index (χ3v) is 9.80. The van der Waals surface area contributed by atoms with E-state index in [9.17, 15) is 14.4 Å². The molecule has 0 saturated carbocycles. The predicted octanol–water partition coefficient (Wildman–Crippen LogP) is 4.65. The standard InChI is InChI=1S/C34H34N6O5S/c1-2-29(32(42)35-22-12-14-27-28(20-22)45-21-44-27)46-34-37-25-11-7-6-10-24(25)31-36-26(33(43)40(31)34)13-15-30(41)39-18-16-38(17-19-39)23-8-4-3-5-9-23/h3-12,14,20,26,29H,2,13,15-19,21H2,1H3,(H,35,42)/t26-,29-/m0/s1. The van der Waals surface area contributed by atoms with E-state index in [1.807, 2.05) is 54.3 Å². The zero-order chi connectivity index (χ0) is 31.6. The fraction of sp³-hybridized carbons (Fsp3) is 0.324. The van der Waals surface area contributed by atoms with Crippen molar-refractivity contribution in [3.8, 4) is 11.5 Å². The van der Waals surface area contributed by atoms with Crippen LogP contribution in [-0.2, 0) is 14.4 Å². The van der Waals surface area contributed by atoms with Crippen LogP contribution in [0.25, 0.3) is 0 Å². The normalized spacial score (nSPS) is 18.8. The lowest BCUT2D eigenvalue weighted by Gasteiger charge is -2.36. The number of benzene rings is 3. The van der Waals surface area contributed by atoms with E-state index in [0.29, 0.717) is 59.8 Å². The number of rotatable bonds is 8. The third-order valence-electron chi connectivity index (χ3n) is 8.48. The van der Waals surface area contributed by atoms with Gasteiger partial charge in [-0.1, -0.05) is 49.0 Å². The lowest BCUT2D eigenvalue weighted by atomic mass is 10.1. The van der Waals surface area contributed by atoms with Gasteiger partial charge in [0.1, 0.15) is 11.9 Å². The van der Waals surface area contributed by atoms with E-state index < -0.39 is 11.3 Å². The largest absolute Gasteiger partial charge is 0.454 e. The number of hydrogen-bond donors (Lipinski definition) is 1. The van der Waals surface area contributed by atoms with E-state index in [0.717, 1.165) is 24.3 Å². The zero-order valence-electron chi connectivity index (χ0n) is 25.4. The van der Waals surface area contributed by atoms with Gasteiger partial charge >= 0.3 is 0 Å². The highest BCUT2D eigenvalue weighted by atomic mass is 32.2. The Hall–Kier alpha value is -4.84. The number of piperazine rings is 1. The molecule has 236 valence electrons. The Morgan fingerprint density at radius 2 is 1.74 bits per heavy atom. The van der Waals surface area contributed by atoms with Crippen molar-refractivity contribution in [1.29, 1.82) is 0 Å². The van der Waals surface area contributed by atoms with Gasteiger partial charge < -0.3 is 24.6 Å². The monoisotopic (exact) mass is 638 g/mol. The van der Waals surface area contributed by atoms with Crippen LogP contribution < -0.4 is 19.7 Å². The number of ether oxygens (including phenoxy) is 2. The van der Waals surface area contributed by atoms with Gasteiger partial charge in [-0.05, 0) is 49.2 Å². The second kappa shape index (κ2) is 12.9. The highest BCUT2D eigenvalue weighted by Gasteiger charge is 2.42. The van der Waals surface area contributed by atoms with Crippen molar-refractivity contribution in [2.45, 2.75) is 37.5 Å². The van der Waals surface area contributed by atoms with Gasteiger partial charge in [0.05, 0.1) is 10.9 Å². The van der Waals surface area contributed by atoms with E-state index in [4.69, 9.17) is 19.5 Å². The van der Waals surface area contributed by atoms with Gasteiger partial charge in [0, 0.05) is 55.6 Å². The smallest absolute Gasteiger partial charge is 0.259 e. The highest BCUT2D eigenvalue weighted by Crippen LogP contribution is 2.37. The molecule has 1 N–H and O–H groups in total. The summed E-state index contributed by atoms with van der Waals surface area (Å²) in [7, 11) is 0. The number of para-hydroxylation sites is 2. The number of amides is 3. The SMILES string of the molecule is CC[C@H](SC1=Nc2ccccc2C2=N[C@@H](CCC(=O)N3CCN(c4ccccc4)CC3)C(=O)N12)C(=O)Nc1ccc2c(c1)OCO2. The van der Waals surface area contributed by atoms with Crippen LogP contribution in [-0.4, -0.2) is 82.8 Å². The first-order chi connectivity index (χ1) is 22.5. The minimum Gasteiger partial charge on any atom is -0.454 e. The summed E-state index contributed by atoms with van der Waals surface area (Å²) in [6, 6.07) is 22.3. The Morgan fingerprint density at radius 1 is 0.978 bits per heavy atom. The molecule has 0 unspecified atom stereocenters. The molecule has 4 aliphatic rings. The van der Waals surface area contributed by atoms with Crippen LogP contribution in [0.2, 0.25) is 0 Å². The highest BCUT2D eigenvalue weighted by molar-refractivity contribution is 8.15. The van der Waals surface area contributed by atoms with Crippen molar-refractivity contribution < 1.29 is 23.9 Å². The Bertz CT molecular complexity index is 1720. The molecule has 1 fully saturated rings. The Labute approximate surface area is 271 Å². The van der Waals surface area contributed by atoms with Crippen molar-refractivity contribution in [1.82, 2.24) is 9.80 Å². The number of aliphatic imine (C=N–C) groups is 2. The maximum absolute atomic E-state index is 13.8. The lowest BCUT2D eigenvalue weighted by molar-refractivity contribution is -0.132. The van der Waals surface area contributed by atoms with Crippen molar-refractivity contribution in [2.75, 3.05) is 43.2 Å². The number of carbonyl (C=O) groups excluding carboxylic acids is 3. The van der Waals surface area contributed by atoms with Crippen molar-refractivity contribution >= 4 is 57.5 Å². The van der Waals surface area contributed by atoms with Crippen molar-refractivity contribution in [2.24, 2.45) is 9.98 Å². The van der Waals surface area contributed by atoms with Gasteiger partial charge in [0.15, 0.2) is 16.7 Å². The van der Waals surface area contributed by atoms with Gasteiger partial charge in [0.25, 0.3) is 5.91 Å². The topological polar surface area (TPSA) is 116 Å². The maximum Gasteiger partial charge on any atom is 0.259 e. The predicted molar refractivity (Wildman–Crippen MR) is 178 cm³/mol. The fourth-order valence-electron chi connectivity index (χ4n) is 5.99. The van der Waals surface area contributed by atoms with Gasteiger partial charge in [-0.25, -0.2) is 9.89 Å². The summed E-state index contributed by atoms with van der Waals surface area (Å²) in [5.74, 6) is 1.31. The summed E-state index contributed by atoms with van der Waals surface area (Å²) in [4.78, 5) is 55.8. The Morgan fingerprint density at radius 3 is 2.54 bits per heavy atom. The number of nitrogens with zero attached hydrogens (tertiary/aromatic N) is 5. The maximum atomic E-state index is 13.8. The summed E-state index contributed by atoms with van der Waals surface area (Å²) >= 11 is 1.24. The molecule has 7 rings (SSSR count). The van der Waals surface area contributed by atoms with Gasteiger partial charge in [-0.15, -0.1) is 0 Å². The van der Waals surface area contributed by atoms with E-state index in [1.54, 1.807) is 18.2 Å². The number of nitrogens with one attached hydrogen (secondary N) is 1. The number of anilines is 2. The number of thioether (sulfide) groups is 1. The van der Waals surface area contributed by atoms with Crippen LogP contribution in [0.1, 0.15) is 31.7 Å². The van der Waals surface area contributed by atoms with Crippen LogP contribution in [0, 0.1) is 0 Å². The molecule has 3 amide bonds. The minimum atomic E-state index is -0.705. The summed E-state index contributed by atoms with van der Waals surface area (Å²) in [5, 5.41) is 2.83. The fourth-order valence-corrected chi connectivity index (χ4v) is 7.01. The van der Waals surface area contributed by atoms with Crippen LogP contribution in [0.4, 0.5) is 17.1 Å².